The van der Waals surface area contributed by atoms with Gasteiger partial charge in [0.25, 0.3) is 5.91 Å². The monoisotopic (exact) mass is 848 g/mol. The quantitative estimate of drug-likeness (QED) is 0.162. The van der Waals surface area contributed by atoms with E-state index in [0.29, 0.717) is 25.8 Å². The maximum Gasteiger partial charge on any atom is 0.410 e. The van der Waals surface area contributed by atoms with Crippen LogP contribution in [0, 0.1) is 17.8 Å². The normalized spacial score (nSPS) is 22.8. The van der Waals surface area contributed by atoms with E-state index in [2.05, 4.69) is 16.0 Å². The van der Waals surface area contributed by atoms with E-state index >= 15 is 4.39 Å². The Bertz CT molecular complexity index is 1630. The molecule has 0 radical (unpaired) electrons. The molecule has 3 rings (SSSR count). The number of benzene rings is 1. The standard InChI is InChI=1S/C44H70FN5O10/c1-13-28(4)35(49(9)38(53)34(27(2)3)48-40(55)43(45)21-23-50(26-43)41(56)60-42(6,7)8)32(57-10)25-33(51)44(20-17-22-46-44)36(58-11)29(5)37(52)47-31(39(54)59-12)24-30-18-15-14-16-19-30/h14-16,18-19,27-29,31-32,34-36,46H,13,17,20-26H2,1-12H3,(H,47,52)(H,48,55)/t28-,29+,31-,32+,34-,35-,36+,43-,44+/m0/s1. The lowest BCUT2D eigenvalue weighted by molar-refractivity contribution is -0.149. The van der Waals surface area contributed by atoms with Gasteiger partial charge in [0, 0.05) is 47.1 Å². The number of nitrogens with zero attached hydrogens (tertiary/aromatic N) is 2. The smallest absolute Gasteiger partial charge is 0.410 e. The maximum atomic E-state index is 16.2. The van der Waals surface area contributed by atoms with Gasteiger partial charge in [-0.3, -0.25) is 19.2 Å². The SMILES string of the molecule is CC[C@H](C)[C@@H]([C@@H](CC(=O)[C@@]1([C@H](OC)[C@@H](C)C(=O)N[C@@H](Cc2ccccc2)C(=O)OC)CCCN1)OC)N(C)C(=O)[C@@H](NC(=O)[C@]1(F)CCN(C(=O)OC(C)(C)C)C1)C(C)C. The molecule has 2 aliphatic rings. The summed E-state index contributed by atoms with van der Waals surface area (Å²) in [5.74, 6) is -4.41. The maximum absolute atomic E-state index is 16.2. The largest absolute Gasteiger partial charge is 0.467 e. The van der Waals surface area contributed by atoms with Gasteiger partial charge in [-0.1, -0.05) is 71.4 Å². The number of ether oxygens (including phenoxy) is 4. The number of alkyl halides is 1. The number of rotatable bonds is 20. The topological polar surface area (TPSA) is 182 Å². The number of likely N-dealkylation sites (N-methyl/N-ethyl adjacent to an activating group) is 1. The molecule has 3 N–H and O–H groups in total. The third kappa shape index (κ3) is 12.2. The highest BCUT2D eigenvalue weighted by molar-refractivity contribution is 5.94. The van der Waals surface area contributed by atoms with Gasteiger partial charge in [0.1, 0.15) is 23.2 Å². The zero-order valence-corrected chi connectivity index (χ0v) is 37.7. The third-order valence-electron chi connectivity index (χ3n) is 12.0. The average molecular weight is 848 g/mol. The van der Waals surface area contributed by atoms with Crippen LogP contribution in [0.5, 0.6) is 0 Å². The molecule has 60 heavy (non-hydrogen) atoms. The molecule has 15 nitrogen and oxygen atoms in total. The van der Waals surface area contributed by atoms with Crippen molar-refractivity contribution in [3.05, 3.63) is 35.9 Å². The number of nitrogens with one attached hydrogen (secondary N) is 3. The number of amides is 4. The van der Waals surface area contributed by atoms with Crippen molar-refractivity contribution in [2.75, 3.05) is 48.0 Å². The van der Waals surface area contributed by atoms with Crippen LogP contribution in [0.3, 0.4) is 0 Å². The highest BCUT2D eigenvalue weighted by Gasteiger charge is 2.53. The van der Waals surface area contributed by atoms with Crippen molar-refractivity contribution in [3.8, 4) is 0 Å². The van der Waals surface area contributed by atoms with E-state index in [-0.39, 0.29) is 37.5 Å². The van der Waals surface area contributed by atoms with E-state index in [0.717, 1.165) is 10.5 Å². The Morgan fingerprint density at radius 3 is 2.13 bits per heavy atom. The minimum absolute atomic E-state index is 0.0232. The number of likely N-dealkylation sites (tertiary alicyclic amines) is 1. The second kappa shape index (κ2) is 21.6. The Morgan fingerprint density at radius 2 is 1.62 bits per heavy atom. The van der Waals surface area contributed by atoms with Crippen molar-refractivity contribution in [3.63, 3.8) is 0 Å². The fraction of sp³-hybridized carbons (Fsp3) is 0.727. The lowest BCUT2D eigenvalue weighted by atomic mass is 9.76. The van der Waals surface area contributed by atoms with Gasteiger partial charge in [0.05, 0.1) is 37.8 Å². The van der Waals surface area contributed by atoms with Gasteiger partial charge in [-0.05, 0) is 57.6 Å². The lowest BCUT2D eigenvalue weighted by Gasteiger charge is -2.42. The number of halogens is 1. The molecule has 0 bridgehead atoms. The highest BCUT2D eigenvalue weighted by atomic mass is 19.1. The first-order valence-electron chi connectivity index (χ1n) is 21.1. The van der Waals surface area contributed by atoms with E-state index in [1.807, 2.05) is 44.2 Å². The van der Waals surface area contributed by atoms with Crippen LogP contribution in [-0.4, -0.2) is 141 Å². The van der Waals surface area contributed by atoms with E-state index in [9.17, 15) is 28.8 Å². The molecule has 16 heteroatoms. The number of carbonyl (C=O) groups excluding carboxylic acids is 6. The van der Waals surface area contributed by atoms with Gasteiger partial charge in [-0.2, -0.15) is 0 Å². The molecule has 0 unspecified atom stereocenters. The van der Waals surface area contributed by atoms with E-state index in [4.69, 9.17) is 18.9 Å². The fourth-order valence-electron chi connectivity index (χ4n) is 8.40. The van der Waals surface area contributed by atoms with Gasteiger partial charge in [0.2, 0.25) is 17.5 Å². The third-order valence-corrected chi connectivity index (χ3v) is 12.0. The number of hydrogen-bond donors (Lipinski definition) is 3. The summed E-state index contributed by atoms with van der Waals surface area (Å²) in [4.78, 5) is 84.6. The molecule has 338 valence electrons. The molecular formula is C44H70FN5O10. The van der Waals surface area contributed by atoms with Crippen LogP contribution in [0.4, 0.5) is 9.18 Å². The summed E-state index contributed by atoms with van der Waals surface area (Å²) < 4.78 is 38.6. The van der Waals surface area contributed by atoms with Gasteiger partial charge >= 0.3 is 12.1 Å². The van der Waals surface area contributed by atoms with Crippen molar-refractivity contribution in [2.24, 2.45) is 17.8 Å². The number of methoxy groups -OCH3 is 3. The van der Waals surface area contributed by atoms with Crippen LogP contribution in [0.2, 0.25) is 0 Å². The molecule has 2 heterocycles. The Labute approximate surface area is 355 Å². The Morgan fingerprint density at radius 1 is 0.967 bits per heavy atom. The van der Waals surface area contributed by atoms with Gasteiger partial charge in [0.15, 0.2) is 5.78 Å². The van der Waals surface area contributed by atoms with E-state index in [1.54, 1.807) is 48.6 Å². The lowest BCUT2D eigenvalue weighted by Crippen LogP contribution is -2.63. The summed E-state index contributed by atoms with van der Waals surface area (Å²) in [5.41, 5.74) is -3.71. The molecule has 2 saturated heterocycles. The zero-order valence-electron chi connectivity index (χ0n) is 37.7. The number of Topliss-reactive ketones (excluding diaryl/α,β-unsaturated/α-hetero) is 1. The summed E-state index contributed by atoms with van der Waals surface area (Å²) in [6.07, 6.45) is -1.11. The second-order valence-corrected chi connectivity index (χ2v) is 17.8. The predicted octanol–water partition coefficient (Wildman–Crippen LogP) is 4.00. The van der Waals surface area contributed by atoms with Crippen molar-refractivity contribution in [1.29, 1.82) is 0 Å². The number of hydrogen-bond acceptors (Lipinski definition) is 11. The summed E-state index contributed by atoms with van der Waals surface area (Å²) in [7, 11) is 5.75. The predicted molar refractivity (Wildman–Crippen MR) is 223 cm³/mol. The van der Waals surface area contributed by atoms with Gasteiger partial charge < -0.3 is 44.7 Å². The van der Waals surface area contributed by atoms with Crippen LogP contribution >= 0.6 is 0 Å². The van der Waals surface area contributed by atoms with Crippen molar-refractivity contribution >= 4 is 35.6 Å². The minimum Gasteiger partial charge on any atom is -0.467 e. The van der Waals surface area contributed by atoms with Gasteiger partial charge in [-0.25, -0.2) is 14.0 Å². The van der Waals surface area contributed by atoms with Crippen LogP contribution in [0.15, 0.2) is 30.3 Å². The summed E-state index contributed by atoms with van der Waals surface area (Å²) in [5, 5.41) is 8.82. The molecule has 0 aromatic heterocycles. The summed E-state index contributed by atoms with van der Waals surface area (Å²) >= 11 is 0. The number of esters is 1. The summed E-state index contributed by atoms with van der Waals surface area (Å²) in [6.45, 7) is 14.1. The molecule has 2 fully saturated rings. The van der Waals surface area contributed by atoms with Gasteiger partial charge in [-0.15, -0.1) is 0 Å². The number of ketones is 1. The first-order valence-corrected chi connectivity index (χ1v) is 21.1. The fourth-order valence-corrected chi connectivity index (χ4v) is 8.40. The Kier molecular flexibility index (Phi) is 18.1. The van der Waals surface area contributed by atoms with Crippen molar-refractivity contribution < 1.29 is 52.1 Å². The van der Waals surface area contributed by atoms with Crippen LogP contribution in [-0.2, 0) is 49.3 Å². The molecule has 2 aliphatic heterocycles. The Hall–Kier alpha value is -4.15. The molecule has 4 amide bonds. The highest BCUT2D eigenvalue weighted by Crippen LogP contribution is 2.35. The molecule has 0 spiro atoms. The van der Waals surface area contributed by atoms with Crippen molar-refractivity contribution in [1.82, 2.24) is 25.8 Å². The zero-order chi connectivity index (χ0) is 45.2. The average Bonchev–Trinajstić information content (AvgIpc) is 3.87. The second-order valence-electron chi connectivity index (χ2n) is 17.8. The Balaban J connectivity index is 1.84. The van der Waals surface area contributed by atoms with Crippen LogP contribution in [0.1, 0.15) is 93.1 Å². The van der Waals surface area contributed by atoms with Crippen LogP contribution < -0.4 is 16.0 Å². The molecule has 9 atom stereocenters. The molecule has 1 aromatic carbocycles. The van der Waals surface area contributed by atoms with E-state index in [1.165, 1.54) is 26.2 Å². The molecular weight excluding hydrogens is 778 g/mol. The molecule has 0 aliphatic carbocycles. The van der Waals surface area contributed by atoms with E-state index < -0.39 is 95.3 Å². The first kappa shape index (κ1) is 50.2. The number of carbonyl (C=O) groups is 6. The van der Waals surface area contributed by atoms with Crippen molar-refractivity contribution in [2.45, 2.75) is 141 Å². The molecule has 0 saturated carbocycles. The minimum atomic E-state index is -2.43. The summed E-state index contributed by atoms with van der Waals surface area (Å²) in [6, 6.07) is 6.45. The first-order chi connectivity index (χ1) is 28.1. The van der Waals surface area contributed by atoms with Crippen LogP contribution in [0.25, 0.3) is 0 Å². The molecule has 1 aromatic rings.